The molecule has 6 heteroatoms. The summed E-state index contributed by atoms with van der Waals surface area (Å²) in [7, 11) is 1.38. The number of methoxy groups -OCH3 is 1. The Morgan fingerprint density at radius 1 is 1.74 bits per heavy atom. The van der Waals surface area contributed by atoms with Gasteiger partial charge < -0.3 is 9.47 Å². The molecule has 102 valence electrons. The van der Waals surface area contributed by atoms with Gasteiger partial charge in [0.1, 0.15) is 10.9 Å². The lowest BCUT2D eigenvalue weighted by Gasteiger charge is -2.31. The summed E-state index contributed by atoms with van der Waals surface area (Å²) in [5.41, 5.74) is 1.08. The lowest BCUT2D eigenvalue weighted by molar-refractivity contribution is 0.00886. The van der Waals surface area contributed by atoms with Crippen LogP contribution < -0.4 is 0 Å². The van der Waals surface area contributed by atoms with Crippen LogP contribution >= 0.6 is 11.3 Å². The van der Waals surface area contributed by atoms with E-state index in [4.69, 9.17) is 14.7 Å². The standard InChI is InChI=1S/C13H16N2O3S/c1-9-10(5-12(19-9)13(16)17-2)7-15-3-4-18-8-11(15)6-14/h5,11H,3-4,7-8H2,1-2H3. The summed E-state index contributed by atoms with van der Waals surface area (Å²) < 4.78 is 10.0. The van der Waals surface area contributed by atoms with Gasteiger partial charge in [-0.15, -0.1) is 11.3 Å². The summed E-state index contributed by atoms with van der Waals surface area (Å²) in [5, 5.41) is 9.10. The van der Waals surface area contributed by atoms with Gasteiger partial charge in [0, 0.05) is 18.0 Å². The summed E-state index contributed by atoms with van der Waals surface area (Å²) >= 11 is 1.43. The fourth-order valence-corrected chi connectivity index (χ4v) is 3.00. The van der Waals surface area contributed by atoms with Gasteiger partial charge in [0.15, 0.2) is 0 Å². The number of nitriles is 1. The molecule has 0 spiro atoms. The average Bonchev–Trinajstić information content (AvgIpc) is 2.80. The maximum atomic E-state index is 11.5. The maximum absolute atomic E-state index is 11.5. The molecule has 0 N–H and O–H groups in total. The first-order valence-corrected chi connectivity index (χ1v) is 6.86. The van der Waals surface area contributed by atoms with Gasteiger partial charge in [0.25, 0.3) is 0 Å². The van der Waals surface area contributed by atoms with Crippen molar-refractivity contribution >= 4 is 17.3 Å². The largest absolute Gasteiger partial charge is 0.465 e. The van der Waals surface area contributed by atoms with Crippen LogP contribution in [-0.2, 0) is 16.0 Å². The Morgan fingerprint density at radius 2 is 2.53 bits per heavy atom. The minimum Gasteiger partial charge on any atom is -0.465 e. The van der Waals surface area contributed by atoms with Gasteiger partial charge in [-0.2, -0.15) is 5.26 Å². The number of esters is 1. The minimum absolute atomic E-state index is 0.213. The Balaban J connectivity index is 2.12. The number of nitrogens with zero attached hydrogens (tertiary/aromatic N) is 2. The zero-order chi connectivity index (χ0) is 13.8. The second kappa shape index (κ2) is 6.15. The smallest absolute Gasteiger partial charge is 0.348 e. The van der Waals surface area contributed by atoms with Crippen LogP contribution in [0.4, 0.5) is 0 Å². The van der Waals surface area contributed by atoms with Crippen LogP contribution in [0, 0.1) is 18.3 Å². The first kappa shape index (κ1) is 14.0. The molecule has 0 bridgehead atoms. The van der Waals surface area contributed by atoms with Crippen LogP contribution in [0.15, 0.2) is 6.07 Å². The molecule has 0 amide bonds. The van der Waals surface area contributed by atoms with Crippen LogP contribution in [-0.4, -0.2) is 43.8 Å². The van der Waals surface area contributed by atoms with Gasteiger partial charge in [-0.25, -0.2) is 4.79 Å². The van der Waals surface area contributed by atoms with Crippen molar-refractivity contribution in [1.29, 1.82) is 5.26 Å². The number of thiophene rings is 1. The molecule has 2 rings (SSSR count). The molecule has 0 radical (unpaired) electrons. The second-order valence-corrected chi connectivity index (χ2v) is 5.63. The molecule has 19 heavy (non-hydrogen) atoms. The molecule has 2 heterocycles. The van der Waals surface area contributed by atoms with Crippen LogP contribution in [0.25, 0.3) is 0 Å². The Bertz CT molecular complexity index is 506. The number of hydrogen-bond acceptors (Lipinski definition) is 6. The summed E-state index contributed by atoms with van der Waals surface area (Å²) in [6.45, 7) is 4.48. The van der Waals surface area contributed by atoms with E-state index in [9.17, 15) is 4.79 Å². The molecule has 1 aliphatic rings. The van der Waals surface area contributed by atoms with Gasteiger partial charge >= 0.3 is 5.97 Å². The topological polar surface area (TPSA) is 62.6 Å². The Morgan fingerprint density at radius 3 is 3.21 bits per heavy atom. The zero-order valence-electron chi connectivity index (χ0n) is 11.0. The zero-order valence-corrected chi connectivity index (χ0v) is 11.8. The number of rotatable bonds is 3. The molecule has 1 aliphatic heterocycles. The first-order chi connectivity index (χ1) is 9.15. The van der Waals surface area contributed by atoms with Crippen LogP contribution in [0.3, 0.4) is 0 Å². The lowest BCUT2D eigenvalue weighted by Crippen LogP contribution is -2.43. The van der Waals surface area contributed by atoms with Crippen LogP contribution in [0.2, 0.25) is 0 Å². The number of aryl methyl sites for hydroxylation is 1. The highest BCUT2D eigenvalue weighted by atomic mass is 32.1. The van der Waals surface area contributed by atoms with E-state index in [1.54, 1.807) is 0 Å². The quantitative estimate of drug-likeness (QED) is 0.786. The molecule has 0 aliphatic carbocycles. The summed E-state index contributed by atoms with van der Waals surface area (Å²) in [5.74, 6) is -0.307. The van der Waals surface area contributed by atoms with Crippen molar-refractivity contribution in [2.45, 2.75) is 19.5 Å². The summed E-state index contributed by atoms with van der Waals surface area (Å²) in [6, 6.07) is 3.89. The normalized spacial score (nSPS) is 19.9. The SMILES string of the molecule is COC(=O)c1cc(CN2CCOCC2C#N)c(C)s1. The number of ether oxygens (including phenoxy) is 2. The van der Waals surface area contributed by atoms with Gasteiger partial charge in [0.05, 0.1) is 26.4 Å². The van der Waals surface area contributed by atoms with Crippen LogP contribution in [0.5, 0.6) is 0 Å². The fourth-order valence-electron chi connectivity index (χ4n) is 2.04. The second-order valence-electron chi connectivity index (χ2n) is 4.37. The Labute approximate surface area is 116 Å². The average molecular weight is 280 g/mol. The Hall–Kier alpha value is -1.42. The van der Waals surface area contributed by atoms with E-state index in [1.807, 2.05) is 13.0 Å². The first-order valence-electron chi connectivity index (χ1n) is 6.04. The predicted molar refractivity (Wildman–Crippen MR) is 71.0 cm³/mol. The molecule has 1 aromatic rings. The van der Waals surface area contributed by atoms with Crippen molar-refractivity contribution in [3.63, 3.8) is 0 Å². The highest BCUT2D eigenvalue weighted by Crippen LogP contribution is 2.24. The van der Waals surface area contributed by atoms with E-state index in [0.29, 0.717) is 24.6 Å². The maximum Gasteiger partial charge on any atom is 0.348 e. The number of carbonyl (C=O) groups is 1. The van der Waals surface area contributed by atoms with Crippen molar-refractivity contribution in [3.8, 4) is 6.07 Å². The van der Waals surface area contributed by atoms with Gasteiger partial charge in [-0.05, 0) is 18.6 Å². The molecule has 1 unspecified atom stereocenters. The highest BCUT2D eigenvalue weighted by Gasteiger charge is 2.24. The van der Waals surface area contributed by atoms with Crippen molar-refractivity contribution < 1.29 is 14.3 Å². The third kappa shape index (κ3) is 3.13. The van der Waals surface area contributed by atoms with E-state index in [2.05, 4.69) is 11.0 Å². The fraction of sp³-hybridized carbons (Fsp3) is 0.538. The van der Waals surface area contributed by atoms with Gasteiger partial charge in [0.2, 0.25) is 0 Å². The molecule has 0 saturated carbocycles. The number of carbonyl (C=O) groups excluding carboxylic acids is 1. The molecular formula is C13H16N2O3S. The lowest BCUT2D eigenvalue weighted by atomic mass is 10.2. The molecule has 1 saturated heterocycles. The molecule has 5 nitrogen and oxygen atoms in total. The monoisotopic (exact) mass is 280 g/mol. The molecule has 1 fully saturated rings. The molecule has 0 aromatic carbocycles. The predicted octanol–water partition coefficient (Wildman–Crippen LogP) is 1.57. The van der Waals surface area contributed by atoms with E-state index in [1.165, 1.54) is 18.4 Å². The third-order valence-corrected chi connectivity index (χ3v) is 4.24. The third-order valence-electron chi connectivity index (χ3n) is 3.17. The molecule has 1 atom stereocenters. The Kier molecular flexibility index (Phi) is 4.53. The van der Waals surface area contributed by atoms with Gasteiger partial charge in [-0.1, -0.05) is 0 Å². The van der Waals surface area contributed by atoms with E-state index < -0.39 is 0 Å². The van der Waals surface area contributed by atoms with Crippen molar-refractivity contribution in [1.82, 2.24) is 4.90 Å². The minimum atomic E-state index is -0.307. The molecule has 1 aromatic heterocycles. The molecular weight excluding hydrogens is 264 g/mol. The number of hydrogen-bond donors (Lipinski definition) is 0. The van der Waals surface area contributed by atoms with Crippen molar-refractivity contribution in [2.24, 2.45) is 0 Å². The van der Waals surface area contributed by atoms with Crippen molar-refractivity contribution in [2.75, 3.05) is 26.9 Å². The summed E-state index contributed by atoms with van der Waals surface area (Å²) in [6.07, 6.45) is 0. The van der Waals surface area contributed by atoms with E-state index in [-0.39, 0.29) is 12.0 Å². The van der Waals surface area contributed by atoms with E-state index in [0.717, 1.165) is 17.0 Å². The number of morpholine rings is 1. The van der Waals surface area contributed by atoms with Gasteiger partial charge in [-0.3, -0.25) is 4.90 Å². The highest BCUT2D eigenvalue weighted by molar-refractivity contribution is 7.14. The summed E-state index contributed by atoms with van der Waals surface area (Å²) in [4.78, 5) is 15.3. The van der Waals surface area contributed by atoms with E-state index >= 15 is 0 Å². The van der Waals surface area contributed by atoms with Crippen molar-refractivity contribution in [3.05, 3.63) is 21.4 Å². The van der Waals surface area contributed by atoms with Crippen LogP contribution in [0.1, 0.15) is 20.1 Å².